The molecular formula is C25H34F2. The quantitative estimate of drug-likeness (QED) is 0.425. The van der Waals surface area contributed by atoms with E-state index in [0.717, 1.165) is 17.9 Å². The normalized spacial score (nSPS) is 25.5. The molecule has 0 bridgehead atoms. The van der Waals surface area contributed by atoms with E-state index in [0.29, 0.717) is 5.92 Å². The molecule has 148 valence electrons. The zero-order valence-corrected chi connectivity index (χ0v) is 16.9. The van der Waals surface area contributed by atoms with Crippen LogP contribution in [0, 0.1) is 30.4 Å². The van der Waals surface area contributed by atoms with E-state index in [1.165, 1.54) is 82.4 Å². The smallest absolute Gasteiger partial charge is 0.129 e. The monoisotopic (exact) mass is 372 g/mol. The first-order valence-electron chi connectivity index (χ1n) is 10.9. The Hall–Kier alpha value is -1.44. The molecule has 2 aliphatic carbocycles. The minimum Gasteiger partial charge on any atom is -0.207 e. The predicted molar refractivity (Wildman–Crippen MR) is 110 cm³/mol. The van der Waals surface area contributed by atoms with E-state index in [4.69, 9.17) is 0 Å². The van der Waals surface area contributed by atoms with Gasteiger partial charge in [0, 0.05) is 11.5 Å². The van der Waals surface area contributed by atoms with Gasteiger partial charge in [0.25, 0.3) is 0 Å². The Morgan fingerprint density at radius 2 is 1.67 bits per heavy atom. The van der Waals surface area contributed by atoms with Crippen molar-refractivity contribution in [2.45, 2.75) is 84.0 Å². The lowest BCUT2D eigenvalue weighted by Crippen LogP contribution is -2.17. The van der Waals surface area contributed by atoms with Gasteiger partial charge in [-0.25, -0.2) is 8.78 Å². The highest BCUT2D eigenvalue weighted by atomic mass is 19.1. The second-order valence-electron chi connectivity index (χ2n) is 8.58. The third-order valence-corrected chi connectivity index (χ3v) is 6.64. The van der Waals surface area contributed by atoms with Crippen molar-refractivity contribution in [3.8, 4) is 0 Å². The van der Waals surface area contributed by atoms with Crippen LogP contribution < -0.4 is 0 Å². The maximum absolute atomic E-state index is 13.9. The highest BCUT2D eigenvalue weighted by Gasteiger charge is 2.24. The van der Waals surface area contributed by atoms with E-state index in [2.05, 4.69) is 25.2 Å². The molecule has 2 aliphatic rings. The molecule has 2 heteroatoms. The van der Waals surface area contributed by atoms with Gasteiger partial charge in [0.15, 0.2) is 0 Å². The van der Waals surface area contributed by atoms with Crippen molar-refractivity contribution < 1.29 is 8.78 Å². The van der Waals surface area contributed by atoms with Crippen LogP contribution in [-0.4, -0.2) is 0 Å². The number of allylic oxidation sites excluding steroid dienone is 4. The Morgan fingerprint density at radius 1 is 0.963 bits per heavy atom. The van der Waals surface area contributed by atoms with Gasteiger partial charge in [0.05, 0.1) is 0 Å². The molecule has 1 unspecified atom stereocenters. The fraction of sp³-hybridized carbons (Fsp3) is 0.600. The zero-order chi connectivity index (χ0) is 19.2. The first-order valence-corrected chi connectivity index (χ1v) is 10.9. The number of benzene rings is 1. The SMILES string of the molecule is CCCCCC[C@H]1CC[C@H](C2=CCC(c3cc(F)c(C)c(F)c3)C=C2)CC1. The summed E-state index contributed by atoms with van der Waals surface area (Å²) in [6.07, 6.45) is 19.7. The molecule has 27 heavy (non-hydrogen) atoms. The average molecular weight is 373 g/mol. The van der Waals surface area contributed by atoms with Crippen LogP contribution in [0.1, 0.15) is 88.2 Å². The molecule has 0 spiro atoms. The largest absolute Gasteiger partial charge is 0.207 e. The molecule has 0 aliphatic heterocycles. The van der Waals surface area contributed by atoms with Gasteiger partial charge in [-0.2, -0.15) is 0 Å². The van der Waals surface area contributed by atoms with E-state index in [-0.39, 0.29) is 11.5 Å². The van der Waals surface area contributed by atoms with Gasteiger partial charge in [-0.15, -0.1) is 0 Å². The molecule has 1 aromatic rings. The van der Waals surface area contributed by atoms with E-state index < -0.39 is 11.6 Å². The summed E-state index contributed by atoms with van der Waals surface area (Å²) in [4.78, 5) is 0. The molecule has 1 fully saturated rings. The van der Waals surface area contributed by atoms with Gasteiger partial charge in [0.2, 0.25) is 0 Å². The zero-order valence-electron chi connectivity index (χ0n) is 16.9. The summed E-state index contributed by atoms with van der Waals surface area (Å²) in [5, 5.41) is 0. The lowest BCUT2D eigenvalue weighted by Gasteiger charge is -2.31. The van der Waals surface area contributed by atoms with Crippen molar-refractivity contribution in [1.29, 1.82) is 0 Å². The summed E-state index contributed by atoms with van der Waals surface area (Å²) >= 11 is 0. The van der Waals surface area contributed by atoms with E-state index in [1.807, 2.05) is 0 Å². The van der Waals surface area contributed by atoms with Crippen molar-refractivity contribution in [3.63, 3.8) is 0 Å². The molecule has 0 heterocycles. The average Bonchev–Trinajstić information content (AvgIpc) is 2.70. The summed E-state index contributed by atoms with van der Waals surface area (Å²) in [5.41, 5.74) is 2.31. The minimum absolute atomic E-state index is 0.0910. The summed E-state index contributed by atoms with van der Waals surface area (Å²) in [5.74, 6) is 0.822. The van der Waals surface area contributed by atoms with Crippen molar-refractivity contribution in [1.82, 2.24) is 0 Å². The van der Waals surface area contributed by atoms with Gasteiger partial charge in [-0.05, 0) is 74.1 Å². The lowest BCUT2D eigenvalue weighted by atomic mass is 9.75. The number of rotatable bonds is 7. The van der Waals surface area contributed by atoms with Crippen LogP contribution in [-0.2, 0) is 0 Å². The standard InChI is InChI=1S/C25H34F2/c1-3-4-5-6-7-19-8-10-20(11-9-19)21-12-14-22(15-13-21)23-16-24(26)18(2)25(27)17-23/h12-14,16-17,19-20,22H,3-11,15H2,1-2H3/t19-,20-,22?. The number of hydrogen-bond donors (Lipinski definition) is 0. The molecule has 0 nitrogen and oxygen atoms in total. The van der Waals surface area contributed by atoms with Gasteiger partial charge in [-0.3, -0.25) is 0 Å². The third kappa shape index (κ3) is 5.30. The van der Waals surface area contributed by atoms with Crippen LogP contribution in [0.3, 0.4) is 0 Å². The third-order valence-electron chi connectivity index (χ3n) is 6.64. The van der Waals surface area contributed by atoms with Crippen molar-refractivity contribution in [3.05, 3.63) is 58.7 Å². The first kappa shape index (κ1) is 20.3. The van der Waals surface area contributed by atoms with Gasteiger partial charge < -0.3 is 0 Å². The van der Waals surface area contributed by atoms with Crippen LogP contribution >= 0.6 is 0 Å². The summed E-state index contributed by atoms with van der Waals surface area (Å²) < 4.78 is 27.7. The van der Waals surface area contributed by atoms with Gasteiger partial charge in [-0.1, -0.05) is 57.3 Å². The highest BCUT2D eigenvalue weighted by molar-refractivity contribution is 5.36. The summed E-state index contributed by atoms with van der Waals surface area (Å²) in [7, 11) is 0. The van der Waals surface area contributed by atoms with Crippen LogP contribution in [0.2, 0.25) is 0 Å². The van der Waals surface area contributed by atoms with E-state index >= 15 is 0 Å². The van der Waals surface area contributed by atoms with Crippen LogP contribution in [0.15, 0.2) is 35.9 Å². The second kappa shape index (κ2) is 9.66. The van der Waals surface area contributed by atoms with E-state index in [9.17, 15) is 8.78 Å². The molecule has 1 atom stereocenters. The molecule has 1 aromatic carbocycles. The summed E-state index contributed by atoms with van der Waals surface area (Å²) in [6.45, 7) is 3.76. The Balaban J connectivity index is 1.49. The predicted octanol–water partition coefficient (Wildman–Crippen LogP) is 8.02. The van der Waals surface area contributed by atoms with Crippen molar-refractivity contribution >= 4 is 0 Å². The fourth-order valence-electron chi connectivity index (χ4n) is 4.71. The Bertz CT molecular complexity index is 655. The fourth-order valence-corrected chi connectivity index (χ4v) is 4.71. The second-order valence-corrected chi connectivity index (χ2v) is 8.58. The van der Waals surface area contributed by atoms with Crippen LogP contribution in [0.5, 0.6) is 0 Å². The molecule has 0 radical (unpaired) electrons. The Kier molecular flexibility index (Phi) is 7.26. The lowest BCUT2D eigenvalue weighted by molar-refractivity contribution is 0.283. The van der Waals surface area contributed by atoms with Crippen molar-refractivity contribution in [2.75, 3.05) is 0 Å². The molecular weight excluding hydrogens is 338 g/mol. The molecule has 0 aromatic heterocycles. The van der Waals surface area contributed by atoms with Gasteiger partial charge in [0.1, 0.15) is 11.6 Å². The molecule has 0 N–H and O–H groups in total. The maximum Gasteiger partial charge on any atom is 0.129 e. The molecule has 0 saturated heterocycles. The van der Waals surface area contributed by atoms with Gasteiger partial charge >= 0.3 is 0 Å². The van der Waals surface area contributed by atoms with E-state index in [1.54, 1.807) is 0 Å². The molecule has 0 amide bonds. The van der Waals surface area contributed by atoms with Crippen molar-refractivity contribution in [2.24, 2.45) is 11.8 Å². The number of hydrogen-bond acceptors (Lipinski definition) is 0. The van der Waals surface area contributed by atoms with Crippen LogP contribution in [0.25, 0.3) is 0 Å². The number of unbranched alkanes of at least 4 members (excludes halogenated alkanes) is 3. The summed E-state index contributed by atoms with van der Waals surface area (Å²) in [6, 6.07) is 2.99. The Labute approximate surface area is 163 Å². The van der Waals surface area contributed by atoms with Crippen LogP contribution in [0.4, 0.5) is 8.78 Å². The Morgan fingerprint density at radius 3 is 2.26 bits per heavy atom. The molecule has 1 saturated carbocycles. The topological polar surface area (TPSA) is 0 Å². The minimum atomic E-state index is -0.439. The highest BCUT2D eigenvalue weighted by Crippen LogP contribution is 2.39. The number of halogens is 2. The first-order chi connectivity index (χ1) is 13.1. The molecule has 3 rings (SSSR count). The maximum atomic E-state index is 13.9.